The van der Waals surface area contributed by atoms with E-state index in [9.17, 15) is 32.8 Å². The van der Waals surface area contributed by atoms with Crippen LogP contribution in [-0.2, 0) is 10.2 Å². The minimum Gasteiger partial charge on any atom is -0.465 e. The summed E-state index contributed by atoms with van der Waals surface area (Å²) in [6, 6.07) is 8.17. The van der Waals surface area contributed by atoms with Crippen molar-refractivity contribution in [3.8, 4) is 23.3 Å². The summed E-state index contributed by atoms with van der Waals surface area (Å²) in [4.78, 5) is 30.4. The molecular formula is C27H27FN8O6S. The Morgan fingerprint density at radius 2 is 2.02 bits per heavy atom. The zero-order chi connectivity index (χ0) is 30.9. The van der Waals surface area contributed by atoms with E-state index >= 15 is 0 Å². The fourth-order valence-electron chi connectivity index (χ4n) is 4.68. The number of rotatable bonds is 8. The summed E-state index contributed by atoms with van der Waals surface area (Å²) in [7, 11) is -2.66. The Bertz CT molecular complexity index is 1910. The van der Waals surface area contributed by atoms with Gasteiger partial charge in [-0.25, -0.2) is 14.2 Å². The zero-order valence-corrected chi connectivity index (χ0v) is 24.0. The third-order valence-electron chi connectivity index (χ3n) is 7.24. The quantitative estimate of drug-likeness (QED) is 0.303. The predicted octanol–water partition coefficient (Wildman–Crippen LogP) is 3.31. The van der Waals surface area contributed by atoms with E-state index in [-0.39, 0.29) is 35.0 Å². The van der Waals surface area contributed by atoms with Gasteiger partial charge in [-0.1, -0.05) is 6.92 Å². The number of piperidine rings is 1. The fourth-order valence-corrected chi connectivity index (χ4v) is 5.62. The van der Waals surface area contributed by atoms with Crippen LogP contribution in [0.25, 0.3) is 16.6 Å². The first-order valence-corrected chi connectivity index (χ1v) is 14.6. The van der Waals surface area contributed by atoms with Crippen LogP contribution < -0.4 is 15.0 Å². The van der Waals surface area contributed by atoms with Crippen LogP contribution in [0.1, 0.15) is 31.4 Å². The first kappa shape index (κ1) is 29.5. The van der Waals surface area contributed by atoms with Gasteiger partial charge in [0.25, 0.3) is 5.56 Å². The van der Waals surface area contributed by atoms with Crippen molar-refractivity contribution in [2.75, 3.05) is 31.4 Å². The molecule has 4 aromatic rings. The van der Waals surface area contributed by atoms with Gasteiger partial charge < -0.3 is 14.7 Å². The van der Waals surface area contributed by atoms with E-state index in [1.165, 1.54) is 47.2 Å². The Hall–Kier alpha value is -5.01. The molecule has 1 aliphatic heterocycles. The Kier molecular flexibility index (Phi) is 8.02. The Labute approximate surface area is 245 Å². The van der Waals surface area contributed by atoms with Crippen LogP contribution >= 0.6 is 0 Å². The number of ether oxygens (including phenoxy) is 1. The molecule has 2 N–H and O–H groups in total. The molecule has 2 aromatic heterocycles. The lowest BCUT2D eigenvalue weighted by molar-refractivity contribution is 0.124. The second-order valence-electron chi connectivity index (χ2n) is 9.81. The molecule has 0 bridgehead atoms. The molecule has 43 heavy (non-hydrogen) atoms. The van der Waals surface area contributed by atoms with Gasteiger partial charge in [-0.2, -0.15) is 23.1 Å². The maximum absolute atomic E-state index is 14.9. The molecule has 224 valence electrons. The summed E-state index contributed by atoms with van der Waals surface area (Å²) in [5, 5.41) is 23.5. The number of carbonyl (C=O) groups is 1. The van der Waals surface area contributed by atoms with Gasteiger partial charge in [-0.15, -0.1) is 0 Å². The van der Waals surface area contributed by atoms with Crippen LogP contribution in [0.3, 0.4) is 0 Å². The number of hydrogen-bond donors (Lipinski definition) is 2. The van der Waals surface area contributed by atoms with Crippen molar-refractivity contribution in [2.24, 2.45) is 0 Å². The van der Waals surface area contributed by atoms with Crippen LogP contribution in [-0.4, -0.2) is 74.8 Å². The molecule has 16 heteroatoms. The first-order valence-electron chi connectivity index (χ1n) is 13.2. The second kappa shape index (κ2) is 11.7. The van der Waals surface area contributed by atoms with Crippen LogP contribution in [0.2, 0.25) is 0 Å². The molecule has 0 atom stereocenters. The highest BCUT2D eigenvalue weighted by Gasteiger charge is 2.25. The lowest BCUT2D eigenvalue weighted by Crippen LogP contribution is -2.38. The highest BCUT2D eigenvalue weighted by molar-refractivity contribution is 7.90. The number of anilines is 1. The van der Waals surface area contributed by atoms with Gasteiger partial charge in [-0.05, 0) is 43.2 Å². The zero-order valence-electron chi connectivity index (χ0n) is 23.1. The van der Waals surface area contributed by atoms with Gasteiger partial charge in [0.15, 0.2) is 11.6 Å². The number of nitrogens with one attached hydrogen (secondary N) is 1. The maximum Gasteiger partial charge on any atom is 0.407 e. The number of fused-ring (bicyclic) bond motifs is 1. The van der Waals surface area contributed by atoms with Crippen molar-refractivity contribution in [1.82, 2.24) is 28.5 Å². The summed E-state index contributed by atoms with van der Waals surface area (Å²) >= 11 is 0. The molecule has 1 fully saturated rings. The minimum absolute atomic E-state index is 0.0196. The summed E-state index contributed by atoms with van der Waals surface area (Å²) in [6.45, 7) is 2.56. The minimum atomic E-state index is -4.01. The average molecular weight is 611 g/mol. The number of nitrogens with zero attached hydrogens (tertiary/aromatic N) is 7. The molecule has 1 saturated heterocycles. The van der Waals surface area contributed by atoms with E-state index in [1.807, 2.05) is 0 Å². The summed E-state index contributed by atoms with van der Waals surface area (Å²) in [6.07, 6.45) is 4.76. The summed E-state index contributed by atoms with van der Waals surface area (Å²) in [5.74, 6) is -1.40. The van der Waals surface area contributed by atoms with E-state index < -0.39 is 33.4 Å². The summed E-state index contributed by atoms with van der Waals surface area (Å²) < 4.78 is 51.9. The molecule has 14 nitrogen and oxygen atoms in total. The Morgan fingerprint density at radius 3 is 2.70 bits per heavy atom. The Balaban J connectivity index is 1.44. The molecular weight excluding hydrogens is 583 g/mol. The van der Waals surface area contributed by atoms with E-state index in [0.717, 1.165) is 16.4 Å². The number of hydrogen-bond acceptors (Lipinski definition) is 8. The van der Waals surface area contributed by atoms with E-state index in [4.69, 9.17) is 4.74 Å². The van der Waals surface area contributed by atoms with E-state index in [0.29, 0.717) is 37.1 Å². The monoisotopic (exact) mass is 610 g/mol. The van der Waals surface area contributed by atoms with Crippen molar-refractivity contribution in [3.05, 3.63) is 70.8 Å². The molecule has 0 radical (unpaired) electrons. The fraction of sp³-hybridized carbons (Fsp3) is 0.296. The number of nitriles is 1. The molecule has 3 heterocycles. The van der Waals surface area contributed by atoms with Gasteiger partial charge in [0.1, 0.15) is 23.7 Å². The predicted molar refractivity (Wildman–Crippen MR) is 153 cm³/mol. The molecule has 0 saturated carbocycles. The van der Waals surface area contributed by atoms with Crippen molar-refractivity contribution in [1.29, 1.82) is 5.26 Å². The van der Waals surface area contributed by atoms with Crippen LogP contribution in [0.15, 0.2) is 53.8 Å². The molecule has 0 unspecified atom stereocenters. The van der Waals surface area contributed by atoms with E-state index in [1.54, 1.807) is 23.9 Å². The van der Waals surface area contributed by atoms with Gasteiger partial charge in [0.05, 0.1) is 34.5 Å². The van der Waals surface area contributed by atoms with Gasteiger partial charge in [-0.3, -0.25) is 18.8 Å². The Morgan fingerprint density at radius 1 is 1.28 bits per heavy atom. The number of halogens is 1. The lowest BCUT2D eigenvalue weighted by atomic mass is 10.1. The van der Waals surface area contributed by atoms with Crippen molar-refractivity contribution >= 4 is 32.9 Å². The molecule has 0 spiro atoms. The number of amides is 1. The van der Waals surface area contributed by atoms with Crippen molar-refractivity contribution < 1.29 is 27.4 Å². The third-order valence-corrected chi connectivity index (χ3v) is 8.80. The SMILES string of the molecule is CCN(C)S(=O)(=O)Nc1ccc(F)c(Oc2ccc3ncn(-c4cnn(C5CCN(C(=O)O)CC5)c4)c(=O)c3c2)c1C#N. The largest absolute Gasteiger partial charge is 0.465 e. The maximum atomic E-state index is 14.9. The highest BCUT2D eigenvalue weighted by atomic mass is 32.2. The summed E-state index contributed by atoms with van der Waals surface area (Å²) in [5.41, 5.74) is -0.220. The lowest BCUT2D eigenvalue weighted by Gasteiger charge is -2.29. The van der Waals surface area contributed by atoms with Crippen LogP contribution in [0, 0.1) is 17.1 Å². The number of aromatic nitrogens is 4. The number of likely N-dealkylation sites (tertiary alicyclic amines) is 1. The number of benzene rings is 2. The second-order valence-corrected chi connectivity index (χ2v) is 11.6. The molecule has 5 rings (SSSR count). The van der Waals surface area contributed by atoms with Crippen molar-refractivity contribution in [3.63, 3.8) is 0 Å². The topological polar surface area (TPSA) is 176 Å². The van der Waals surface area contributed by atoms with Gasteiger partial charge in [0.2, 0.25) is 0 Å². The van der Waals surface area contributed by atoms with Crippen LogP contribution in [0.5, 0.6) is 11.5 Å². The molecule has 1 amide bonds. The van der Waals surface area contributed by atoms with Gasteiger partial charge >= 0.3 is 16.3 Å². The smallest absolute Gasteiger partial charge is 0.407 e. The first-order chi connectivity index (χ1) is 20.5. The number of carboxylic acid groups (broad SMARTS) is 1. The average Bonchev–Trinajstić information content (AvgIpc) is 3.49. The standard InChI is InChI=1S/C27H27FN8O6S/c1-3-33(2)43(40,41)32-24-7-5-22(28)25(21(24)13-29)42-19-4-6-23-20(12-19)26(37)35(16-30-23)18-14-31-36(15-18)17-8-10-34(11-9-17)27(38)39/h4-7,12,14-17,32H,3,8-11H2,1-2H3,(H,38,39). The van der Waals surface area contributed by atoms with E-state index in [2.05, 4.69) is 14.8 Å². The van der Waals surface area contributed by atoms with Crippen molar-refractivity contribution in [2.45, 2.75) is 25.8 Å². The highest BCUT2D eigenvalue weighted by Crippen LogP contribution is 2.34. The van der Waals surface area contributed by atoms with Gasteiger partial charge in [0, 0.05) is 32.9 Å². The third kappa shape index (κ3) is 5.85. The molecule has 1 aliphatic rings. The molecule has 0 aliphatic carbocycles. The normalized spacial score (nSPS) is 14.2. The van der Waals surface area contributed by atoms with Crippen LogP contribution in [0.4, 0.5) is 14.9 Å². The molecule has 2 aromatic carbocycles.